The van der Waals surface area contributed by atoms with E-state index >= 15 is 0 Å². The molecule has 0 aliphatic heterocycles. The largest absolute Gasteiger partial charge is 0.369 e. The number of amides is 1. The zero-order valence-electron chi connectivity index (χ0n) is 12.9. The summed E-state index contributed by atoms with van der Waals surface area (Å²) < 4.78 is 5.56. The van der Waals surface area contributed by atoms with Crippen molar-refractivity contribution >= 4 is 11.6 Å². The monoisotopic (exact) mass is 278 g/mol. The first kappa shape index (κ1) is 16.7. The van der Waals surface area contributed by atoms with Gasteiger partial charge >= 0.3 is 0 Å². The third kappa shape index (κ3) is 6.17. The molecule has 3 N–H and O–H groups in total. The molecule has 4 heteroatoms. The van der Waals surface area contributed by atoms with E-state index in [0.29, 0.717) is 13.2 Å². The van der Waals surface area contributed by atoms with Gasteiger partial charge in [-0.3, -0.25) is 4.79 Å². The van der Waals surface area contributed by atoms with Crippen molar-refractivity contribution in [1.82, 2.24) is 0 Å². The minimum Gasteiger partial charge on any atom is -0.369 e. The Hall–Kier alpha value is -1.39. The molecule has 1 unspecified atom stereocenters. The van der Waals surface area contributed by atoms with Crippen LogP contribution in [0.2, 0.25) is 0 Å². The smallest absolute Gasteiger partial charge is 0.253 e. The first-order chi connectivity index (χ1) is 9.31. The molecule has 1 aromatic carbocycles. The third-order valence-corrected chi connectivity index (χ3v) is 3.05. The molecule has 0 saturated carbocycles. The van der Waals surface area contributed by atoms with Crippen LogP contribution < -0.4 is 11.1 Å². The number of nitrogens with one attached hydrogen (secondary N) is 1. The van der Waals surface area contributed by atoms with Crippen molar-refractivity contribution < 1.29 is 9.53 Å². The Morgan fingerprint density at radius 3 is 2.40 bits per heavy atom. The van der Waals surface area contributed by atoms with E-state index < -0.39 is 6.10 Å². The van der Waals surface area contributed by atoms with Crippen molar-refractivity contribution in [3.05, 3.63) is 29.8 Å². The minimum atomic E-state index is -0.452. The van der Waals surface area contributed by atoms with Crippen LogP contribution >= 0.6 is 0 Å². The van der Waals surface area contributed by atoms with Gasteiger partial charge in [0.05, 0.1) is 0 Å². The molecule has 0 fully saturated rings. The Balaban J connectivity index is 2.40. The van der Waals surface area contributed by atoms with Gasteiger partial charge in [0.25, 0.3) is 5.91 Å². The van der Waals surface area contributed by atoms with Crippen LogP contribution in [0.5, 0.6) is 0 Å². The van der Waals surface area contributed by atoms with Crippen LogP contribution in [0.4, 0.5) is 5.69 Å². The number of hydrogen-bond acceptors (Lipinski definition) is 3. The second-order valence-electron chi connectivity index (χ2n) is 6.21. The zero-order chi connectivity index (χ0) is 15.2. The zero-order valence-corrected chi connectivity index (χ0v) is 12.9. The van der Waals surface area contributed by atoms with Gasteiger partial charge in [0.1, 0.15) is 6.10 Å². The maximum absolute atomic E-state index is 12.0. The maximum Gasteiger partial charge on any atom is 0.253 e. The fraction of sp³-hybridized carbons (Fsp3) is 0.562. The standard InChI is InChI=1S/C16H26N2O2/c1-12(20-10-9-16(2,3)4)15(19)18-14-7-5-13(11-17)6-8-14/h5-8,12H,9-11,17H2,1-4H3,(H,18,19). The minimum absolute atomic E-state index is 0.126. The van der Waals surface area contributed by atoms with Crippen LogP contribution in [0.1, 0.15) is 39.7 Å². The van der Waals surface area contributed by atoms with E-state index in [1.165, 1.54) is 0 Å². The van der Waals surface area contributed by atoms with Crippen LogP contribution in [0.25, 0.3) is 0 Å². The van der Waals surface area contributed by atoms with E-state index in [0.717, 1.165) is 17.7 Å². The normalized spacial score (nSPS) is 13.1. The highest BCUT2D eigenvalue weighted by atomic mass is 16.5. The van der Waals surface area contributed by atoms with E-state index in [4.69, 9.17) is 10.5 Å². The molecule has 1 rings (SSSR count). The molecule has 0 saturated heterocycles. The van der Waals surface area contributed by atoms with Gasteiger partial charge in [-0.25, -0.2) is 0 Å². The molecule has 20 heavy (non-hydrogen) atoms. The van der Waals surface area contributed by atoms with Crippen molar-refractivity contribution in [2.24, 2.45) is 11.1 Å². The number of benzene rings is 1. The summed E-state index contributed by atoms with van der Waals surface area (Å²) in [5.41, 5.74) is 7.55. The lowest BCUT2D eigenvalue weighted by molar-refractivity contribution is -0.126. The van der Waals surface area contributed by atoms with Gasteiger partial charge in [-0.05, 0) is 36.5 Å². The van der Waals surface area contributed by atoms with Crippen molar-refractivity contribution in [2.45, 2.75) is 46.8 Å². The van der Waals surface area contributed by atoms with Crippen LogP contribution in [0, 0.1) is 5.41 Å². The van der Waals surface area contributed by atoms with Crippen LogP contribution in [0.15, 0.2) is 24.3 Å². The van der Waals surface area contributed by atoms with Gasteiger partial charge in [0, 0.05) is 18.8 Å². The summed E-state index contributed by atoms with van der Waals surface area (Å²) in [5.74, 6) is -0.126. The lowest BCUT2D eigenvalue weighted by atomic mass is 9.93. The van der Waals surface area contributed by atoms with Gasteiger partial charge in [-0.2, -0.15) is 0 Å². The number of nitrogens with two attached hydrogens (primary N) is 1. The van der Waals surface area contributed by atoms with Crippen molar-refractivity contribution in [2.75, 3.05) is 11.9 Å². The Morgan fingerprint density at radius 2 is 1.90 bits per heavy atom. The highest BCUT2D eigenvalue weighted by Gasteiger charge is 2.16. The second kappa shape index (κ2) is 7.41. The van der Waals surface area contributed by atoms with Crippen molar-refractivity contribution in [3.63, 3.8) is 0 Å². The van der Waals surface area contributed by atoms with Crippen LogP contribution in [-0.2, 0) is 16.1 Å². The van der Waals surface area contributed by atoms with Gasteiger partial charge in [-0.1, -0.05) is 32.9 Å². The number of anilines is 1. The first-order valence-corrected chi connectivity index (χ1v) is 7.03. The first-order valence-electron chi connectivity index (χ1n) is 7.03. The molecule has 112 valence electrons. The summed E-state index contributed by atoms with van der Waals surface area (Å²) in [6.45, 7) is 9.32. The average Bonchev–Trinajstić information content (AvgIpc) is 2.38. The molecule has 0 radical (unpaired) electrons. The highest BCUT2D eigenvalue weighted by molar-refractivity contribution is 5.93. The molecule has 0 aliphatic carbocycles. The summed E-state index contributed by atoms with van der Waals surface area (Å²) in [5, 5.41) is 2.84. The van der Waals surface area contributed by atoms with Crippen LogP contribution in [0.3, 0.4) is 0 Å². The SMILES string of the molecule is CC(OCCC(C)(C)C)C(=O)Nc1ccc(CN)cc1. The molecule has 0 aliphatic rings. The topological polar surface area (TPSA) is 64.3 Å². The molecule has 0 aromatic heterocycles. The van der Waals surface area contributed by atoms with Crippen LogP contribution in [-0.4, -0.2) is 18.6 Å². The second-order valence-corrected chi connectivity index (χ2v) is 6.21. The summed E-state index contributed by atoms with van der Waals surface area (Å²) >= 11 is 0. The van der Waals surface area contributed by atoms with E-state index in [-0.39, 0.29) is 11.3 Å². The molecular weight excluding hydrogens is 252 g/mol. The van der Waals surface area contributed by atoms with Crippen molar-refractivity contribution in [3.8, 4) is 0 Å². The van der Waals surface area contributed by atoms with Gasteiger partial charge < -0.3 is 15.8 Å². The summed E-state index contributed by atoms with van der Waals surface area (Å²) in [6.07, 6.45) is 0.474. The summed E-state index contributed by atoms with van der Waals surface area (Å²) in [7, 11) is 0. The van der Waals surface area contributed by atoms with E-state index in [2.05, 4.69) is 26.1 Å². The Bertz CT molecular complexity index is 421. The number of hydrogen-bond donors (Lipinski definition) is 2. The fourth-order valence-corrected chi connectivity index (χ4v) is 1.59. The lowest BCUT2D eigenvalue weighted by Crippen LogP contribution is -2.28. The van der Waals surface area contributed by atoms with Gasteiger partial charge in [0.2, 0.25) is 0 Å². The molecule has 1 atom stereocenters. The molecule has 1 amide bonds. The third-order valence-electron chi connectivity index (χ3n) is 3.05. The Labute approximate surface area is 121 Å². The molecule has 1 aromatic rings. The summed E-state index contributed by atoms with van der Waals surface area (Å²) in [4.78, 5) is 12.0. The molecule has 0 heterocycles. The Kier molecular flexibility index (Phi) is 6.17. The molecule has 0 bridgehead atoms. The number of ether oxygens (including phenoxy) is 1. The fourth-order valence-electron chi connectivity index (χ4n) is 1.59. The Morgan fingerprint density at radius 1 is 1.30 bits per heavy atom. The number of rotatable bonds is 6. The average molecular weight is 278 g/mol. The molecular formula is C16H26N2O2. The quantitative estimate of drug-likeness (QED) is 0.841. The molecule has 4 nitrogen and oxygen atoms in total. The van der Waals surface area contributed by atoms with E-state index in [1.54, 1.807) is 6.92 Å². The highest BCUT2D eigenvalue weighted by Crippen LogP contribution is 2.18. The van der Waals surface area contributed by atoms with E-state index in [9.17, 15) is 4.79 Å². The van der Waals surface area contributed by atoms with E-state index in [1.807, 2.05) is 24.3 Å². The maximum atomic E-state index is 12.0. The van der Waals surface area contributed by atoms with Gasteiger partial charge in [0.15, 0.2) is 0 Å². The predicted octanol–water partition coefficient (Wildman–Crippen LogP) is 2.93. The van der Waals surface area contributed by atoms with Gasteiger partial charge in [-0.15, -0.1) is 0 Å². The lowest BCUT2D eigenvalue weighted by Gasteiger charge is -2.20. The number of carbonyl (C=O) groups excluding carboxylic acids is 1. The van der Waals surface area contributed by atoms with Crippen molar-refractivity contribution in [1.29, 1.82) is 0 Å². The number of carbonyl (C=O) groups is 1. The summed E-state index contributed by atoms with van der Waals surface area (Å²) in [6, 6.07) is 7.51. The molecule has 0 spiro atoms. The predicted molar refractivity (Wildman–Crippen MR) is 82.4 cm³/mol.